The van der Waals surface area contributed by atoms with Crippen molar-refractivity contribution >= 4 is 11.9 Å². The lowest BCUT2D eigenvalue weighted by Gasteiger charge is -2.05. The summed E-state index contributed by atoms with van der Waals surface area (Å²) in [5, 5.41) is 5.52. The molecule has 0 aromatic heterocycles. The first kappa shape index (κ1) is 9.99. The van der Waals surface area contributed by atoms with Crippen LogP contribution in [-0.4, -0.2) is 11.9 Å². The highest BCUT2D eigenvalue weighted by atomic mass is 16.2. The maximum absolute atomic E-state index is 11.2. The molecule has 0 fully saturated rings. The second-order valence-electron chi connectivity index (χ2n) is 3.04. The Kier molecular flexibility index (Phi) is 2.70. The van der Waals surface area contributed by atoms with Crippen LogP contribution in [0.15, 0.2) is 42.1 Å². The van der Waals surface area contributed by atoms with Crippen molar-refractivity contribution in [2.75, 3.05) is 0 Å². The van der Waals surface area contributed by atoms with E-state index in [1.165, 1.54) is 6.20 Å². The SMILES string of the molecule is O=C1[N]C(=O)C(C#Cc2ccccc2)=CN1. The molecule has 1 aromatic carbocycles. The number of carbonyl (C=O) groups is 2. The van der Waals surface area contributed by atoms with E-state index in [9.17, 15) is 9.59 Å². The third-order valence-corrected chi connectivity index (χ3v) is 1.89. The van der Waals surface area contributed by atoms with Crippen LogP contribution >= 0.6 is 0 Å². The predicted octanol–water partition coefficient (Wildman–Crippen LogP) is 0.776. The Balaban J connectivity index is 2.20. The Bertz CT molecular complexity index is 521. The van der Waals surface area contributed by atoms with Gasteiger partial charge < -0.3 is 5.32 Å². The molecule has 0 saturated carbocycles. The molecule has 1 N–H and O–H groups in total. The van der Waals surface area contributed by atoms with E-state index in [-0.39, 0.29) is 5.57 Å². The third kappa shape index (κ3) is 2.28. The Morgan fingerprint density at radius 1 is 1.06 bits per heavy atom. The molecule has 1 aromatic rings. The molecule has 77 valence electrons. The molecule has 2 rings (SSSR count). The number of nitrogens with one attached hydrogen (secondary N) is 1. The number of rotatable bonds is 0. The summed E-state index contributed by atoms with van der Waals surface area (Å²) in [5.41, 5.74) is 0.983. The summed E-state index contributed by atoms with van der Waals surface area (Å²) < 4.78 is 0. The molecule has 1 aliphatic rings. The van der Waals surface area contributed by atoms with E-state index < -0.39 is 11.9 Å². The van der Waals surface area contributed by atoms with Crippen LogP contribution in [0.1, 0.15) is 5.56 Å². The fourth-order valence-corrected chi connectivity index (χ4v) is 1.13. The number of hydrogen-bond acceptors (Lipinski definition) is 2. The second-order valence-corrected chi connectivity index (χ2v) is 3.04. The first-order chi connectivity index (χ1) is 7.75. The van der Waals surface area contributed by atoms with Crippen LogP contribution in [0.3, 0.4) is 0 Å². The normalized spacial score (nSPS) is 14.1. The fourth-order valence-electron chi connectivity index (χ4n) is 1.13. The standard InChI is InChI=1S/C12H7N2O2/c15-11-10(8-13-12(16)14-11)7-6-9-4-2-1-3-5-9/h1-5,8H,(H,13,16). The van der Waals surface area contributed by atoms with Gasteiger partial charge in [0.1, 0.15) is 5.57 Å². The molecule has 1 aliphatic heterocycles. The molecule has 3 amide bonds. The molecule has 0 aliphatic carbocycles. The van der Waals surface area contributed by atoms with Crippen molar-refractivity contribution in [3.63, 3.8) is 0 Å². The van der Waals surface area contributed by atoms with Crippen LogP contribution in [0.25, 0.3) is 0 Å². The van der Waals surface area contributed by atoms with Crippen LogP contribution < -0.4 is 10.6 Å². The number of hydrogen-bond donors (Lipinski definition) is 1. The predicted molar refractivity (Wildman–Crippen MR) is 57.1 cm³/mol. The molecule has 1 heterocycles. The summed E-state index contributed by atoms with van der Waals surface area (Å²) in [5.74, 6) is 4.87. The summed E-state index contributed by atoms with van der Waals surface area (Å²) in [7, 11) is 0. The van der Waals surface area contributed by atoms with Crippen molar-refractivity contribution < 1.29 is 9.59 Å². The van der Waals surface area contributed by atoms with Gasteiger partial charge in [0.15, 0.2) is 0 Å². The molecule has 0 atom stereocenters. The van der Waals surface area contributed by atoms with E-state index in [2.05, 4.69) is 22.5 Å². The summed E-state index contributed by atoms with van der Waals surface area (Å²) in [6, 6.07) is 8.59. The van der Waals surface area contributed by atoms with Gasteiger partial charge in [-0.15, -0.1) is 0 Å². The minimum absolute atomic E-state index is 0.184. The summed E-state index contributed by atoms with van der Waals surface area (Å²) in [4.78, 5) is 21.9. The van der Waals surface area contributed by atoms with E-state index in [1.807, 2.05) is 30.3 Å². The lowest BCUT2D eigenvalue weighted by atomic mass is 10.2. The van der Waals surface area contributed by atoms with E-state index in [0.29, 0.717) is 0 Å². The number of imide groups is 1. The average Bonchev–Trinajstić information content (AvgIpc) is 2.29. The third-order valence-electron chi connectivity index (χ3n) is 1.89. The number of urea groups is 1. The first-order valence-corrected chi connectivity index (χ1v) is 4.59. The van der Waals surface area contributed by atoms with E-state index in [1.54, 1.807) is 0 Å². The van der Waals surface area contributed by atoms with Crippen molar-refractivity contribution in [3.05, 3.63) is 47.7 Å². The van der Waals surface area contributed by atoms with Gasteiger partial charge in [-0.1, -0.05) is 30.0 Å². The largest absolute Gasteiger partial charge is 0.348 e. The molecular weight excluding hydrogens is 204 g/mol. The zero-order chi connectivity index (χ0) is 11.4. The number of carbonyl (C=O) groups excluding carboxylic acids is 2. The highest BCUT2D eigenvalue weighted by Crippen LogP contribution is 2.00. The lowest BCUT2D eigenvalue weighted by Crippen LogP contribution is -2.36. The summed E-state index contributed by atoms with van der Waals surface area (Å²) >= 11 is 0. The molecule has 0 bridgehead atoms. The highest BCUT2D eigenvalue weighted by molar-refractivity contribution is 6.08. The molecule has 1 radical (unpaired) electrons. The molecule has 16 heavy (non-hydrogen) atoms. The van der Waals surface area contributed by atoms with Gasteiger partial charge in [-0.3, -0.25) is 4.79 Å². The molecule has 0 spiro atoms. The van der Waals surface area contributed by atoms with Gasteiger partial charge in [-0.05, 0) is 12.1 Å². The lowest BCUT2D eigenvalue weighted by molar-refractivity contribution is -0.116. The Labute approximate surface area is 92.3 Å². The average molecular weight is 211 g/mol. The highest BCUT2D eigenvalue weighted by Gasteiger charge is 2.18. The smallest absolute Gasteiger partial charge is 0.311 e. The van der Waals surface area contributed by atoms with Gasteiger partial charge in [-0.25, -0.2) is 4.79 Å². The van der Waals surface area contributed by atoms with Crippen LogP contribution in [0.5, 0.6) is 0 Å². The van der Waals surface area contributed by atoms with Crippen molar-refractivity contribution in [2.24, 2.45) is 0 Å². The molecule has 0 unspecified atom stereocenters. The van der Waals surface area contributed by atoms with Crippen LogP contribution in [0.4, 0.5) is 4.79 Å². The molecular formula is C12H7N2O2. The molecule has 4 heteroatoms. The van der Waals surface area contributed by atoms with Crippen molar-refractivity contribution in [2.45, 2.75) is 0 Å². The van der Waals surface area contributed by atoms with Crippen LogP contribution in [0.2, 0.25) is 0 Å². The number of benzene rings is 1. The van der Waals surface area contributed by atoms with Gasteiger partial charge in [0, 0.05) is 11.8 Å². The first-order valence-electron chi connectivity index (χ1n) is 4.59. The van der Waals surface area contributed by atoms with Gasteiger partial charge in [0.05, 0.1) is 0 Å². The van der Waals surface area contributed by atoms with E-state index >= 15 is 0 Å². The quantitative estimate of drug-likeness (QED) is 0.644. The number of nitrogens with zero attached hydrogens (tertiary/aromatic N) is 1. The summed E-state index contributed by atoms with van der Waals surface area (Å²) in [6.45, 7) is 0. The topological polar surface area (TPSA) is 60.3 Å². The van der Waals surface area contributed by atoms with Gasteiger partial charge in [-0.2, -0.15) is 5.32 Å². The molecule has 0 saturated heterocycles. The Hall–Kier alpha value is -2.54. The second kappa shape index (κ2) is 4.32. The maximum Gasteiger partial charge on any atom is 0.348 e. The zero-order valence-corrected chi connectivity index (χ0v) is 8.23. The minimum atomic E-state index is -0.657. The van der Waals surface area contributed by atoms with Crippen LogP contribution in [0, 0.1) is 11.8 Å². The maximum atomic E-state index is 11.2. The Morgan fingerprint density at radius 2 is 1.81 bits per heavy atom. The molecule has 4 nitrogen and oxygen atoms in total. The zero-order valence-electron chi connectivity index (χ0n) is 8.23. The van der Waals surface area contributed by atoms with Gasteiger partial charge >= 0.3 is 6.03 Å². The van der Waals surface area contributed by atoms with Crippen molar-refractivity contribution in [1.82, 2.24) is 10.6 Å². The van der Waals surface area contributed by atoms with Gasteiger partial charge in [0.25, 0.3) is 5.91 Å². The monoisotopic (exact) mass is 211 g/mol. The minimum Gasteiger partial charge on any atom is -0.311 e. The number of amides is 3. The van der Waals surface area contributed by atoms with E-state index in [4.69, 9.17) is 0 Å². The Morgan fingerprint density at radius 3 is 2.50 bits per heavy atom. The van der Waals surface area contributed by atoms with Crippen molar-refractivity contribution in [3.8, 4) is 11.8 Å². The summed E-state index contributed by atoms with van der Waals surface area (Å²) in [6.07, 6.45) is 1.27. The van der Waals surface area contributed by atoms with Crippen LogP contribution in [-0.2, 0) is 4.79 Å². The van der Waals surface area contributed by atoms with E-state index in [0.717, 1.165) is 5.56 Å². The van der Waals surface area contributed by atoms with Gasteiger partial charge in [0.2, 0.25) is 0 Å². The van der Waals surface area contributed by atoms with Crippen molar-refractivity contribution in [1.29, 1.82) is 0 Å². The fraction of sp³-hybridized carbons (Fsp3) is 0.